The second kappa shape index (κ2) is 4.89. The van der Waals surface area contributed by atoms with Crippen LogP contribution in [0.3, 0.4) is 0 Å². The van der Waals surface area contributed by atoms with Gasteiger partial charge in [-0.2, -0.15) is 4.68 Å². The Balaban J connectivity index is 2.26. The number of aromatic nitrogens is 4. The van der Waals surface area contributed by atoms with Crippen molar-refractivity contribution < 1.29 is 4.92 Å². The van der Waals surface area contributed by atoms with Gasteiger partial charge in [0.2, 0.25) is 0 Å². The highest BCUT2D eigenvalue weighted by Gasteiger charge is 2.19. The van der Waals surface area contributed by atoms with Crippen molar-refractivity contribution in [3.63, 3.8) is 0 Å². The summed E-state index contributed by atoms with van der Waals surface area (Å²) in [6.45, 7) is 4.55. The van der Waals surface area contributed by atoms with Gasteiger partial charge in [-0.25, -0.2) is 4.98 Å². The molecule has 0 atom stereocenters. The quantitative estimate of drug-likeness (QED) is 0.641. The van der Waals surface area contributed by atoms with Crippen LogP contribution in [-0.4, -0.2) is 24.3 Å². The first-order valence-electron chi connectivity index (χ1n) is 5.37. The largest absolute Gasteiger partial charge is 0.404 e. The number of imidazole rings is 1. The van der Waals surface area contributed by atoms with E-state index < -0.39 is 4.92 Å². The minimum absolute atomic E-state index is 0.175. The molecular formula is C10H12BrN5O2. The molecule has 2 aromatic heterocycles. The lowest BCUT2D eigenvalue weighted by Crippen LogP contribution is -2.09. The van der Waals surface area contributed by atoms with E-state index in [4.69, 9.17) is 0 Å². The van der Waals surface area contributed by atoms with Crippen molar-refractivity contribution in [2.75, 3.05) is 0 Å². The second-order valence-corrected chi connectivity index (χ2v) is 5.00. The summed E-state index contributed by atoms with van der Waals surface area (Å²) in [6, 6.07) is 0.288. The van der Waals surface area contributed by atoms with Crippen LogP contribution >= 0.6 is 15.9 Å². The standard InChI is InChI=1S/C10H12BrN5O2/c1-7(2)15-6-12-3-8(15)4-14-5-9(11)10(13-14)16(17)18/h3,5-7H,4H2,1-2H3. The molecule has 0 bridgehead atoms. The number of halogens is 1. The molecule has 0 N–H and O–H groups in total. The molecule has 0 unspecified atom stereocenters. The molecule has 2 heterocycles. The number of nitro groups is 1. The molecule has 96 valence electrons. The first-order valence-corrected chi connectivity index (χ1v) is 6.16. The van der Waals surface area contributed by atoms with Gasteiger partial charge in [-0.1, -0.05) is 0 Å². The van der Waals surface area contributed by atoms with E-state index in [0.29, 0.717) is 11.0 Å². The van der Waals surface area contributed by atoms with Crippen molar-refractivity contribution >= 4 is 21.7 Å². The number of hydrogen-bond acceptors (Lipinski definition) is 4. The lowest BCUT2D eigenvalue weighted by atomic mass is 10.3. The Hall–Kier alpha value is -1.70. The lowest BCUT2D eigenvalue weighted by molar-refractivity contribution is -0.390. The van der Waals surface area contributed by atoms with Crippen molar-refractivity contribution in [3.8, 4) is 0 Å². The van der Waals surface area contributed by atoms with Gasteiger partial charge in [-0.15, -0.1) is 0 Å². The summed E-state index contributed by atoms with van der Waals surface area (Å²) in [7, 11) is 0. The van der Waals surface area contributed by atoms with Gasteiger partial charge in [0.25, 0.3) is 0 Å². The SMILES string of the molecule is CC(C)n1cncc1Cn1cc(Br)c([N+](=O)[O-])n1. The molecule has 0 aliphatic rings. The monoisotopic (exact) mass is 313 g/mol. The van der Waals surface area contributed by atoms with E-state index in [2.05, 4.69) is 26.0 Å². The Labute approximate surface area is 112 Å². The smallest absolute Gasteiger partial charge is 0.358 e. The molecule has 2 rings (SSSR count). The summed E-state index contributed by atoms with van der Waals surface area (Å²) in [5, 5.41) is 14.6. The highest BCUT2D eigenvalue weighted by Crippen LogP contribution is 2.22. The average Bonchev–Trinajstić information content (AvgIpc) is 2.85. The Morgan fingerprint density at radius 2 is 2.28 bits per heavy atom. The Kier molecular flexibility index (Phi) is 3.46. The normalized spacial score (nSPS) is 11.1. The second-order valence-electron chi connectivity index (χ2n) is 4.14. The summed E-state index contributed by atoms with van der Waals surface area (Å²) in [5.74, 6) is -0.175. The minimum Gasteiger partial charge on any atom is -0.358 e. The van der Waals surface area contributed by atoms with Crippen LogP contribution in [-0.2, 0) is 6.54 Å². The van der Waals surface area contributed by atoms with Crippen LogP contribution in [0.25, 0.3) is 0 Å². The van der Waals surface area contributed by atoms with Crippen molar-refractivity contribution in [1.82, 2.24) is 19.3 Å². The van der Waals surface area contributed by atoms with Crippen molar-refractivity contribution in [2.45, 2.75) is 26.4 Å². The van der Waals surface area contributed by atoms with Gasteiger partial charge in [0.15, 0.2) is 0 Å². The lowest BCUT2D eigenvalue weighted by Gasteiger charge is -2.10. The van der Waals surface area contributed by atoms with Crippen LogP contribution in [0.5, 0.6) is 0 Å². The summed E-state index contributed by atoms with van der Waals surface area (Å²) in [6.07, 6.45) is 5.07. The van der Waals surface area contributed by atoms with Crippen molar-refractivity contribution in [2.24, 2.45) is 0 Å². The fourth-order valence-electron chi connectivity index (χ4n) is 1.68. The highest BCUT2D eigenvalue weighted by molar-refractivity contribution is 9.10. The van der Waals surface area contributed by atoms with Crippen LogP contribution in [0.15, 0.2) is 23.2 Å². The van der Waals surface area contributed by atoms with Crippen LogP contribution in [0, 0.1) is 10.1 Å². The summed E-state index contributed by atoms with van der Waals surface area (Å²) >= 11 is 3.12. The van der Waals surface area contributed by atoms with E-state index in [1.807, 2.05) is 18.4 Å². The van der Waals surface area contributed by atoms with Gasteiger partial charge in [0, 0.05) is 6.04 Å². The van der Waals surface area contributed by atoms with E-state index in [9.17, 15) is 10.1 Å². The molecule has 0 aliphatic heterocycles. The number of rotatable bonds is 4. The van der Waals surface area contributed by atoms with Crippen LogP contribution in [0.1, 0.15) is 25.6 Å². The third-order valence-corrected chi connectivity index (χ3v) is 3.06. The van der Waals surface area contributed by atoms with E-state index >= 15 is 0 Å². The van der Waals surface area contributed by atoms with Gasteiger partial charge < -0.3 is 14.7 Å². The van der Waals surface area contributed by atoms with E-state index in [0.717, 1.165) is 5.69 Å². The Bertz CT molecular complexity index is 575. The van der Waals surface area contributed by atoms with E-state index in [1.54, 1.807) is 18.7 Å². The van der Waals surface area contributed by atoms with Crippen LogP contribution in [0.2, 0.25) is 0 Å². The van der Waals surface area contributed by atoms with Gasteiger partial charge in [-0.05, 0) is 34.7 Å². The maximum absolute atomic E-state index is 10.7. The molecule has 0 saturated carbocycles. The molecule has 2 aromatic rings. The molecule has 18 heavy (non-hydrogen) atoms. The molecule has 0 aromatic carbocycles. The molecule has 0 aliphatic carbocycles. The zero-order valence-corrected chi connectivity index (χ0v) is 11.5. The third-order valence-electron chi connectivity index (χ3n) is 2.50. The topological polar surface area (TPSA) is 78.8 Å². The van der Waals surface area contributed by atoms with Gasteiger partial charge in [0.1, 0.15) is 11.0 Å². The summed E-state index contributed by atoms with van der Waals surface area (Å²) in [4.78, 5) is 14.3. The molecular weight excluding hydrogens is 302 g/mol. The number of nitrogens with zero attached hydrogens (tertiary/aromatic N) is 5. The molecule has 0 saturated heterocycles. The van der Waals surface area contributed by atoms with E-state index in [1.165, 1.54) is 4.68 Å². The molecule has 0 spiro atoms. The molecule has 0 radical (unpaired) electrons. The van der Waals surface area contributed by atoms with E-state index in [-0.39, 0.29) is 11.9 Å². The molecule has 0 fully saturated rings. The highest BCUT2D eigenvalue weighted by atomic mass is 79.9. The summed E-state index contributed by atoms with van der Waals surface area (Å²) in [5.41, 5.74) is 0.954. The Morgan fingerprint density at radius 1 is 1.56 bits per heavy atom. The fraction of sp³-hybridized carbons (Fsp3) is 0.400. The first-order chi connectivity index (χ1) is 8.49. The summed E-state index contributed by atoms with van der Waals surface area (Å²) < 4.78 is 3.91. The minimum atomic E-state index is -0.514. The van der Waals surface area contributed by atoms with Crippen molar-refractivity contribution in [3.05, 3.63) is 39.0 Å². The van der Waals surface area contributed by atoms with Crippen molar-refractivity contribution in [1.29, 1.82) is 0 Å². The van der Waals surface area contributed by atoms with Gasteiger partial charge in [0.05, 0.1) is 29.5 Å². The average molecular weight is 314 g/mol. The van der Waals surface area contributed by atoms with Gasteiger partial charge >= 0.3 is 5.82 Å². The molecule has 8 heteroatoms. The molecule has 0 amide bonds. The molecule has 7 nitrogen and oxygen atoms in total. The predicted molar refractivity (Wildman–Crippen MR) is 68.3 cm³/mol. The fourth-order valence-corrected chi connectivity index (χ4v) is 2.14. The maximum Gasteiger partial charge on any atom is 0.404 e. The number of hydrogen-bond donors (Lipinski definition) is 0. The zero-order chi connectivity index (χ0) is 13.3. The predicted octanol–water partition coefficient (Wildman–Crippen LogP) is 2.38. The van der Waals surface area contributed by atoms with Crippen LogP contribution < -0.4 is 0 Å². The third kappa shape index (κ3) is 2.42. The van der Waals surface area contributed by atoms with Gasteiger partial charge in [-0.3, -0.25) is 0 Å². The zero-order valence-electron chi connectivity index (χ0n) is 9.95. The van der Waals surface area contributed by atoms with Crippen LogP contribution in [0.4, 0.5) is 5.82 Å². The first kappa shape index (κ1) is 12.7. The maximum atomic E-state index is 10.7. The Morgan fingerprint density at radius 3 is 2.83 bits per heavy atom.